The second kappa shape index (κ2) is 6.64. The summed E-state index contributed by atoms with van der Waals surface area (Å²) in [6.07, 6.45) is 0.210. The fourth-order valence-electron chi connectivity index (χ4n) is 2.80. The average Bonchev–Trinajstić information content (AvgIpc) is 2.86. The van der Waals surface area contributed by atoms with Gasteiger partial charge >= 0.3 is 0 Å². The Kier molecular flexibility index (Phi) is 4.39. The standard InChI is InChI=1S/C18H16N2O4/c1-24-19-16(21)15(11-12-7-3-2-4-8-12)20-17(22)13-9-5-6-10-14(13)18(20)23/h2-10,15H,11H2,1H3,(H,19,21). The zero-order chi connectivity index (χ0) is 17.1. The van der Waals surface area contributed by atoms with Gasteiger partial charge in [-0.1, -0.05) is 42.5 Å². The maximum absolute atomic E-state index is 12.6. The highest BCUT2D eigenvalue weighted by molar-refractivity contribution is 6.22. The molecule has 1 unspecified atom stereocenters. The Bertz CT molecular complexity index is 754. The number of rotatable bonds is 5. The van der Waals surface area contributed by atoms with Gasteiger partial charge in [-0.2, -0.15) is 0 Å². The molecule has 1 aliphatic heterocycles. The van der Waals surface area contributed by atoms with E-state index >= 15 is 0 Å². The SMILES string of the molecule is CONC(=O)C(Cc1ccccc1)N1C(=O)c2ccccc2C1=O. The molecule has 24 heavy (non-hydrogen) atoms. The highest BCUT2D eigenvalue weighted by Gasteiger charge is 2.42. The van der Waals surface area contributed by atoms with Crippen molar-refractivity contribution in [3.8, 4) is 0 Å². The van der Waals surface area contributed by atoms with Crippen LogP contribution in [0.2, 0.25) is 0 Å². The first kappa shape index (κ1) is 15.9. The number of hydroxylamine groups is 1. The van der Waals surface area contributed by atoms with Crippen molar-refractivity contribution in [2.45, 2.75) is 12.5 Å². The maximum Gasteiger partial charge on any atom is 0.267 e. The van der Waals surface area contributed by atoms with Crippen molar-refractivity contribution in [2.24, 2.45) is 0 Å². The van der Waals surface area contributed by atoms with Crippen LogP contribution in [0.3, 0.4) is 0 Å². The lowest BCUT2D eigenvalue weighted by atomic mass is 10.0. The molecule has 6 heteroatoms. The van der Waals surface area contributed by atoms with Crippen molar-refractivity contribution in [1.29, 1.82) is 0 Å². The van der Waals surface area contributed by atoms with Gasteiger partial charge in [-0.05, 0) is 17.7 Å². The minimum Gasteiger partial charge on any atom is -0.277 e. The third kappa shape index (κ3) is 2.79. The number of hydrogen-bond donors (Lipinski definition) is 1. The van der Waals surface area contributed by atoms with Gasteiger partial charge in [0.25, 0.3) is 17.7 Å². The van der Waals surface area contributed by atoms with Crippen molar-refractivity contribution in [3.63, 3.8) is 0 Å². The molecule has 3 rings (SSSR count). The van der Waals surface area contributed by atoms with Gasteiger partial charge in [0.2, 0.25) is 0 Å². The van der Waals surface area contributed by atoms with Crippen LogP contribution >= 0.6 is 0 Å². The number of fused-ring (bicyclic) bond motifs is 1. The van der Waals surface area contributed by atoms with Crippen LogP contribution in [0.5, 0.6) is 0 Å². The van der Waals surface area contributed by atoms with E-state index in [-0.39, 0.29) is 6.42 Å². The van der Waals surface area contributed by atoms with Crippen molar-refractivity contribution in [1.82, 2.24) is 10.4 Å². The first-order valence-corrected chi connectivity index (χ1v) is 7.47. The lowest BCUT2D eigenvalue weighted by Crippen LogP contribution is -2.50. The molecule has 0 bridgehead atoms. The van der Waals surface area contributed by atoms with E-state index in [2.05, 4.69) is 10.3 Å². The molecule has 0 radical (unpaired) electrons. The number of nitrogens with zero attached hydrogens (tertiary/aromatic N) is 1. The predicted molar refractivity (Wildman–Crippen MR) is 86.0 cm³/mol. The number of amides is 3. The Morgan fingerprint density at radius 1 is 1.00 bits per heavy atom. The van der Waals surface area contributed by atoms with Crippen LogP contribution in [-0.2, 0) is 16.1 Å². The summed E-state index contributed by atoms with van der Waals surface area (Å²) < 4.78 is 0. The Hall–Kier alpha value is -2.99. The molecule has 1 heterocycles. The number of nitrogens with one attached hydrogen (secondary N) is 1. The van der Waals surface area contributed by atoms with E-state index in [0.717, 1.165) is 10.5 Å². The second-order valence-electron chi connectivity index (χ2n) is 5.40. The van der Waals surface area contributed by atoms with E-state index in [0.29, 0.717) is 11.1 Å². The van der Waals surface area contributed by atoms with Crippen LogP contribution in [-0.4, -0.2) is 35.8 Å². The zero-order valence-electron chi connectivity index (χ0n) is 13.1. The molecule has 1 atom stereocenters. The van der Waals surface area contributed by atoms with Gasteiger partial charge in [0.1, 0.15) is 6.04 Å². The number of imide groups is 1. The summed E-state index contributed by atoms with van der Waals surface area (Å²) in [5.41, 5.74) is 3.69. The highest BCUT2D eigenvalue weighted by Crippen LogP contribution is 2.26. The van der Waals surface area contributed by atoms with E-state index in [9.17, 15) is 14.4 Å². The monoisotopic (exact) mass is 324 g/mol. The first-order valence-electron chi connectivity index (χ1n) is 7.47. The molecule has 0 aliphatic carbocycles. The van der Waals surface area contributed by atoms with Crippen molar-refractivity contribution >= 4 is 17.7 Å². The Labute approximate surface area is 139 Å². The number of carbonyl (C=O) groups excluding carboxylic acids is 3. The molecule has 0 saturated heterocycles. The van der Waals surface area contributed by atoms with Gasteiger partial charge in [0, 0.05) is 6.42 Å². The normalized spacial score (nSPS) is 14.5. The molecular weight excluding hydrogens is 308 g/mol. The van der Waals surface area contributed by atoms with Gasteiger partial charge in [-0.25, -0.2) is 5.48 Å². The maximum atomic E-state index is 12.6. The molecule has 1 N–H and O–H groups in total. The van der Waals surface area contributed by atoms with Crippen molar-refractivity contribution in [3.05, 3.63) is 71.3 Å². The first-order chi connectivity index (χ1) is 11.6. The van der Waals surface area contributed by atoms with Crippen molar-refractivity contribution in [2.75, 3.05) is 7.11 Å². The van der Waals surface area contributed by atoms with Crippen LogP contribution in [0.4, 0.5) is 0 Å². The second-order valence-corrected chi connectivity index (χ2v) is 5.40. The largest absolute Gasteiger partial charge is 0.277 e. The minimum atomic E-state index is -0.986. The van der Waals surface area contributed by atoms with Crippen LogP contribution in [0.1, 0.15) is 26.3 Å². The number of carbonyl (C=O) groups is 3. The number of hydrogen-bond acceptors (Lipinski definition) is 4. The Morgan fingerprint density at radius 3 is 2.08 bits per heavy atom. The van der Waals surface area contributed by atoms with E-state index in [1.54, 1.807) is 24.3 Å². The lowest BCUT2D eigenvalue weighted by molar-refractivity contribution is -0.135. The zero-order valence-corrected chi connectivity index (χ0v) is 13.1. The van der Waals surface area contributed by atoms with Crippen LogP contribution in [0.25, 0.3) is 0 Å². The average molecular weight is 324 g/mol. The van der Waals surface area contributed by atoms with Crippen molar-refractivity contribution < 1.29 is 19.2 Å². The van der Waals surface area contributed by atoms with Gasteiger partial charge in [0.05, 0.1) is 18.2 Å². The van der Waals surface area contributed by atoms with E-state index in [1.807, 2.05) is 30.3 Å². The van der Waals surface area contributed by atoms with Crippen LogP contribution in [0, 0.1) is 0 Å². The fraction of sp³-hybridized carbons (Fsp3) is 0.167. The van der Waals surface area contributed by atoms with Gasteiger partial charge in [-0.3, -0.25) is 24.1 Å². The third-order valence-electron chi connectivity index (χ3n) is 3.91. The quantitative estimate of drug-likeness (QED) is 0.669. The van der Waals surface area contributed by atoms with Crippen LogP contribution < -0.4 is 5.48 Å². The van der Waals surface area contributed by atoms with E-state index in [4.69, 9.17) is 0 Å². The smallest absolute Gasteiger partial charge is 0.267 e. The molecule has 6 nitrogen and oxygen atoms in total. The molecule has 1 aliphatic rings. The topological polar surface area (TPSA) is 75.7 Å². The summed E-state index contributed by atoms with van der Waals surface area (Å²) in [7, 11) is 1.31. The molecule has 0 aromatic heterocycles. The molecule has 0 saturated carbocycles. The fourth-order valence-corrected chi connectivity index (χ4v) is 2.80. The molecule has 2 aromatic rings. The molecule has 0 spiro atoms. The van der Waals surface area contributed by atoms with Gasteiger partial charge in [-0.15, -0.1) is 0 Å². The molecule has 2 aromatic carbocycles. The molecule has 3 amide bonds. The lowest BCUT2D eigenvalue weighted by Gasteiger charge is -2.25. The summed E-state index contributed by atoms with van der Waals surface area (Å²) in [4.78, 5) is 43.3. The summed E-state index contributed by atoms with van der Waals surface area (Å²) in [5, 5.41) is 0. The summed E-state index contributed by atoms with van der Waals surface area (Å²) in [5.74, 6) is -1.48. The summed E-state index contributed by atoms with van der Waals surface area (Å²) >= 11 is 0. The summed E-state index contributed by atoms with van der Waals surface area (Å²) in [6.45, 7) is 0. The van der Waals surface area contributed by atoms with E-state index < -0.39 is 23.8 Å². The molecule has 0 fully saturated rings. The van der Waals surface area contributed by atoms with Gasteiger partial charge in [0.15, 0.2) is 0 Å². The summed E-state index contributed by atoms with van der Waals surface area (Å²) in [6, 6.07) is 14.8. The van der Waals surface area contributed by atoms with E-state index in [1.165, 1.54) is 7.11 Å². The number of benzene rings is 2. The van der Waals surface area contributed by atoms with Gasteiger partial charge < -0.3 is 0 Å². The molecular formula is C18H16N2O4. The Balaban J connectivity index is 1.96. The predicted octanol–water partition coefficient (Wildman–Crippen LogP) is 1.57. The minimum absolute atomic E-state index is 0.210. The Morgan fingerprint density at radius 2 is 1.54 bits per heavy atom. The third-order valence-corrected chi connectivity index (χ3v) is 3.91. The highest BCUT2D eigenvalue weighted by atomic mass is 16.6. The van der Waals surface area contributed by atoms with Crippen LogP contribution in [0.15, 0.2) is 54.6 Å². The molecule has 122 valence electrons.